The molecule has 0 radical (unpaired) electrons. The highest BCUT2D eigenvalue weighted by Gasteiger charge is 2.52. The summed E-state index contributed by atoms with van der Waals surface area (Å²) in [7, 11) is 1.21. The third-order valence-corrected chi connectivity index (χ3v) is 6.70. The number of nitro benzene ring substituents is 1. The molecular formula is C15H10N2O7S2. The number of thiazole rings is 1. The van der Waals surface area contributed by atoms with Crippen molar-refractivity contribution in [3.63, 3.8) is 0 Å². The van der Waals surface area contributed by atoms with Gasteiger partial charge in [-0.15, -0.1) is 0 Å². The summed E-state index contributed by atoms with van der Waals surface area (Å²) in [5, 5.41) is 10.7. The van der Waals surface area contributed by atoms with Gasteiger partial charge in [-0.25, -0.2) is 0 Å². The Balaban J connectivity index is 1.96. The van der Waals surface area contributed by atoms with Crippen molar-refractivity contribution in [2.45, 2.75) is 16.2 Å². The number of ether oxygens (including phenoxy) is 2. The molecule has 1 aromatic heterocycles. The van der Waals surface area contributed by atoms with Gasteiger partial charge in [-0.2, -0.15) is 0 Å². The van der Waals surface area contributed by atoms with Crippen LogP contribution < -0.4 is 9.61 Å². The zero-order valence-corrected chi connectivity index (χ0v) is 14.7. The second-order valence-corrected chi connectivity index (χ2v) is 7.84. The molecule has 0 saturated carbocycles. The zero-order valence-electron chi connectivity index (χ0n) is 13.1. The number of aromatic amines is 1. The van der Waals surface area contributed by atoms with Crippen LogP contribution in [0.3, 0.4) is 0 Å². The molecule has 0 aliphatic carbocycles. The lowest BCUT2D eigenvalue weighted by Crippen LogP contribution is -2.44. The highest BCUT2D eigenvalue weighted by atomic mass is 32.2. The van der Waals surface area contributed by atoms with E-state index in [1.54, 1.807) is 0 Å². The number of H-pyrrole nitrogens is 1. The number of non-ortho nitro benzene ring substituents is 1. The Hall–Kier alpha value is -2.66. The number of esters is 2. The van der Waals surface area contributed by atoms with Gasteiger partial charge in [0.15, 0.2) is 0 Å². The van der Waals surface area contributed by atoms with Crippen molar-refractivity contribution in [2.75, 3.05) is 7.11 Å². The van der Waals surface area contributed by atoms with Crippen LogP contribution in [0.5, 0.6) is 5.75 Å². The Morgan fingerprint density at radius 1 is 1.38 bits per heavy atom. The number of thioether (sulfide) groups is 1. The SMILES string of the molecule is COC(=O)[C@@H]1Sc2[nH]c(=O)sc2[C@@H]2c3cc([N+](=O)[O-])ccc3OC(=O)[C@@H]21. The number of rotatable bonds is 2. The van der Waals surface area contributed by atoms with Gasteiger partial charge in [0.25, 0.3) is 5.69 Å². The number of methoxy groups -OCH3 is 1. The lowest BCUT2D eigenvalue weighted by Gasteiger charge is -2.37. The molecule has 2 aliphatic heterocycles. The van der Waals surface area contributed by atoms with Crippen LogP contribution >= 0.6 is 23.1 Å². The summed E-state index contributed by atoms with van der Waals surface area (Å²) in [4.78, 5) is 50.1. The summed E-state index contributed by atoms with van der Waals surface area (Å²) in [6, 6.07) is 3.91. The zero-order chi connectivity index (χ0) is 18.6. The van der Waals surface area contributed by atoms with Crippen molar-refractivity contribution in [1.82, 2.24) is 4.98 Å². The average molecular weight is 394 g/mol. The number of nitrogens with one attached hydrogen (secondary N) is 1. The minimum absolute atomic E-state index is 0.169. The van der Waals surface area contributed by atoms with Crippen molar-refractivity contribution >= 4 is 40.7 Å². The minimum Gasteiger partial charge on any atom is -0.468 e. The summed E-state index contributed by atoms with van der Waals surface area (Å²) < 4.78 is 10.1. The predicted molar refractivity (Wildman–Crippen MR) is 90.7 cm³/mol. The number of nitrogens with zero attached hydrogens (tertiary/aromatic N) is 1. The highest BCUT2D eigenvalue weighted by Crippen LogP contribution is 2.54. The first-order valence-electron chi connectivity index (χ1n) is 7.38. The molecule has 11 heteroatoms. The summed E-state index contributed by atoms with van der Waals surface area (Å²) in [6.45, 7) is 0. The number of fused-ring (bicyclic) bond motifs is 5. The van der Waals surface area contributed by atoms with Crippen LogP contribution in [0.25, 0.3) is 0 Å². The van der Waals surface area contributed by atoms with E-state index >= 15 is 0 Å². The molecule has 4 rings (SSSR count). The standard InChI is InChI=1S/C15H10N2O7S2/c1-23-14(19)11-9-8(10-12(25-11)16-15(20)26-10)6-4-5(17(21)22)2-3-7(6)24-13(9)18/h2-4,8-9,11H,1H3,(H,16,20)/t8-,9+,11-/m1/s1. The molecule has 9 nitrogen and oxygen atoms in total. The molecule has 0 unspecified atom stereocenters. The van der Waals surface area contributed by atoms with Crippen molar-refractivity contribution in [2.24, 2.45) is 5.92 Å². The quantitative estimate of drug-likeness (QED) is 0.352. The van der Waals surface area contributed by atoms with Crippen molar-refractivity contribution < 1.29 is 24.0 Å². The fourth-order valence-electron chi connectivity index (χ4n) is 3.22. The van der Waals surface area contributed by atoms with Gasteiger partial charge < -0.3 is 14.5 Å². The van der Waals surface area contributed by atoms with Gasteiger partial charge in [0.1, 0.15) is 11.0 Å². The Morgan fingerprint density at radius 2 is 2.15 bits per heavy atom. The summed E-state index contributed by atoms with van der Waals surface area (Å²) in [5.41, 5.74) is 0.229. The fourth-order valence-corrected chi connectivity index (χ4v) is 5.71. The number of hydrogen-bond donors (Lipinski definition) is 1. The molecule has 2 aromatic rings. The van der Waals surface area contributed by atoms with Crippen LogP contribution in [0.1, 0.15) is 16.4 Å². The monoisotopic (exact) mass is 394 g/mol. The number of benzene rings is 1. The van der Waals surface area contributed by atoms with E-state index in [2.05, 4.69) is 4.98 Å². The smallest absolute Gasteiger partial charge is 0.320 e. The Labute approximate surface area is 153 Å². The largest absolute Gasteiger partial charge is 0.468 e. The molecule has 26 heavy (non-hydrogen) atoms. The molecule has 1 N–H and O–H groups in total. The van der Waals surface area contributed by atoms with Crippen LogP contribution in [0.4, 0.5) is 5.69 Å². The second kappa shape index (κ2) is 5.95. The van der Waals surface area contributed by atoms with E-state index in [1.807, 2.05) is 0 Å². The molecule has 2 aliphatic rings. The van der Waals surface area contributed by atoms with Gasteiger partial charge in [0, 0.05) is 28.5 Å². The van der Waals surface area contributed by atoms with E-state index in [9.17, 15) is 24.5 Å². The van der Waals surface area contributed by atoms with Crippen LogP contribution in [-0.4, -0.2) is 34.2 Å². The van der Waals surface area contributed by atoms with Gasteiger partial charge >= 0.3 is 16.8 Å². The molecule has 1 aromatic carbocycles. The molecule has 0 amide bonds. The van der Waals surface area contributed by atoms with Crippen molar-refractivity contribution in [3.05, 3.63) is 48.4 Å². The summed E-state index contributed by atoms with van der Waals surface area (Å²) in [6.07, 6.45) is 0. The number of nitro groups is 1. The number of carbonyl (C=O) groups is 2. The van der Waals surface area contributed by atoms with Crippen LogP contribution in [0, 0.1) is 16.0 Å². The van der Waals surface area contributed by atoms with Gasteiger partial charge in [-0.1, -0.05) is 23.1 Å². The van der Waals surface area contributed by atoms with E-state index in [0.717, 1.165) is 23.1 Å². The number of hydrogen-bond acceptors (Lipinski definition) is 9. The molecule has 0 spiro atoms. The summed E-state index contributed by atoms with van der Waals surface area (Å²) >= 11 is 1.95. The van der Waals surface area contributed by atoms with Crippen LogP contribution in [0.2, 0.25) is 0 Å². The Bertz CT molecular complexity index is 1010. The topological polar surface area (TPSA) is 129 Å². The van der Waals surface area contributed by atoms with E-state index in [4.69, 9.17) is 9.47 Å². The highest BCUT2D eigenvalue weighted by molar-refractivity contribution is 8.00. The molecule has 0 fully saturated rings. The van der Waals surface area contributed by atoms with Gasteiger partial charge in [-0.05, 0) is 6.07 Å². The molecule has 3 atom stereocenters. The first kappa shape index (κ1) is 16.8. The minimum atomic E-state index is -0.944. The Kier molecular flexibility index (Phi) is 3.84. The van der Waals surface area contributed by atoms with E-state index in [-0.39, 0.29) is 16.3 Å². The molecule has 134 valence electrons. The summed E-state index contributed by atoms with van der Waals surface area (Å²) in [5.74, 6) is -2.72. The third-order valence-electron chi connectivity index (χ3n) is 4.31. The van der Waals surface area contributed by atoms with Crippen molar-refractivity contribution in [1.29, 1.82) is 0 Å². The second-order valence-electron chi connectivity index (χ2n) is 5.67. The number of carbonyl (C=O) groups excluding carboxylic acids is 2. The maximum Gasteiger partial charge on any atom is 0.320 e. The first-order chi connectivity index (χ1) is 12.4. The van der Waals surface area contributed by atoms with Crippen molar-refractivity contribution in [3.8, 4) is 5.75 Å². The Morgan fingerprint density at radius 3 is 2.85 bits per heavy atom. The third kappa shape index (κ3) is 2.42. The van der Waals surface area contributed by atoms with E-state index in [0.29, 0.717) is 15.5 Å². The molecule has 0 saturated heterocycles. The van der Waals surface area contributed by atoms with Crippen LogP contribution in [-0.2, 0) is 14.3 Å². The van der Waals surface area contributed by atoms with Gasteiger partial charge in [0.05, 0.1) is 23.0 Å². The molecular weight excluding hydrogens is 384 g/mol. The van der Waals surface area contributed by atoms with E-state index < -0.39 is 33.9 Å². The lowest BCUT2D eigenvalue weighted by molar-refractivity contribution is -0.385. The normalized spacial score (nSPS) is 23.3. The van der Waals surface area contributed by atoms with Gasteiger partial charge in [0.2, 0.25) is 0 Å². The van der Waals surface area contributed by atoms with Gasteiger partial charge in [-0.3, -0.25) is 24.5 Å². The number of aromatic nitrogens is 1. The van der Waals surface area contributed by atoms with Crippen LogP contribution in [0.15, 0.2) is 28.0 Å². The maximum absolute atomic E-state index is 12.6. The van der Waals surface area contributed by atoms with E-state index in [1.165, 1.54) is 25.3 Å². The first-order valence-corrected chi connectivity index (χ1v) is 9.08. The average Bonchev–Trinajstić information content (AvgIpc) is 2.99. The molecule has 3 heterocycles. The maximum atomic E-state index is 12.6. The fraction of sp³-hybridized carbons (Fsp3) is 0.267. The molecule has 0 bridgehead atoms. The predicted octanol–water partition coefficient (Wildman–Crippen LogP) is 1.66. The lowest BCUT2D eigenvalue weighted by atomic mass is 9.80.